The van der Waals surface area contributed by atoms with Crippen molar-refractivity contribution in [1.29, 1.82) is 0 Å². The quantitative estimate of drug-likeness (QED) is 0.682. The third-order valence-corrected chi connectivity index (χ3v) is 1.58. The van der Waals surface area contributed by atoms with E-state index >= 15 is 0 Å². The summed E-state index contributed by atoms with van der Waals surface area (Å²) in [5.41, 5.74) is 0. The van der Waals surface area contributed by atoms with Gasteiger partial charge in [-0.1, -0.05) is 22.9 Å². The fourth-order valence-corrected chi connectivity index (χ4v) is 0.775. The van der Waals surface area contributed by atoms with Crippen LogP contribution in [0.25, 0.3) is 0 Å². The predicted molar refractivity (Wildman–Crippen MR) is 41.3 cm³/mol. The van der Waals surface area contributed by atoms with Crippen molar-refractivity contribution in [1.82, 2.24) is 0 Å². The Morgan fingerprint density at radius 2 is 2.10 bits per heavy atom. The third-order valence-electron chi connectivity index (χ3n) is 1.12. The van der Waals surface area contributed by atoms with Crippen LogP contribution < -0.4 is 0 Å². The minimum atomic E-state index is -1.21. The Balaban J connectivity index is 3.40. The summed E-state index contributed by atoms with van der Waals surface area (Å²) in [6.07, 6.45) is -0.227. The van der Waals surface area contributed by atoms with E-state index in [-0.39, 0.29) is 4.83 Å². The van der Waals surface area contributed by atoms with Crippen molar-refractivity contribution in [2.45, 2.75) is 30.7 Å². The van der Waals surface area contributed by atoms with Gasteiger partial charge in [-0.25, -0.2) is 4.79 Å². The van der Waals surface area contributed by atoms with Crippen molar-refractivity contribution in [2.75, 3.05) is 0 Å². The zero-order valence-corrected chi connectivity index (χ0v) is 7.34. The lowest BCUT2D eigenvalue weighted by Crippen LogP contribution is -2.19. The highest BCUT2D eigenvalue weighted by molar-refractivity contribution is 9.09. The molecule has 0 aromatic rings. The van der Waals surface area contributed by atoms with Crippen LogP contribution in [0.2, 0.25) is 0 Å². The van der Waals surface area contributed by atoms with Crippen molar-refractivity contribution in [3.8, 4) is 0 Å². The topological polar surface area (TPSA) is 57.5 Å². The van der Waals surface area contributed by atoms with Gasteiger partial charge in [0, 0.05) is 4.83 Å². The maximum Gasteiger partial charge on any atom is 0.332 e. The Labute approximate surface area is 68.2 Å². The highest BCUT2D eigenvalue weighted by atomic mass is 79.9. The molecule has 0 aliphatic heterocycles. The highest BCUT2D eigenvalue weighted by Gasteiger charge is 2.12. The van der Waals surface area contributed by atoms with Crippen LogP contribution in [0.3, 0.4) is 0 Å². The van der Waals surface area contributed by atoms with E-state index in [9.17, 15) is 4.79 Å². The van der Waals surface area contributed by atoms with Crippen LogP contribution in [0, 0.1) is 0 Å². The van der Waals surface area contributed by atoms with Crippen LogP contribution >= 0.6 is 15.9 Å². The number of aliphatic hydroxyl groups excluding tert-OH is 1. The molecule has 0 fully saturated rings. The van der Waals surface area contributed by atoms with E-state index in [0.717, 1.165) is 0 Å². The molecule has 0 radical (unpaired) electrons. The average Bonchev–Trinajstić information content (AvgIpc) is 1.82. The summed E-state index contributed by atoms with van der Waals surface area (Å²) in [4.78, 5) is 10.3. The summed E-state index contributed by atoms with van der Waals surface area (Å²) in [5, 5.41) is 17.0. The third kappa shape index (κ3) is 4.76. The molecule has 2 atom stereocenters. The summed E-state index contributed by atoms with van der Waals surface area (Å²) >= 11 is 3.25. The van der Waals surface area contributed by atoms with Crippen molar-refractivity contribution in [3.05, 3.63) is 0 Å². The molecule has 10 heavy (non-hydrogen) atoms. The van der Waals surface area contributed by atoms with E-state index in [2.05, 4.69) is 15.9 Å². The Morgan fingerprint density at radius 1 is 1.60 bits per heavy atom. The molecule has 0 aromatic heterocycles. The number of rotatable bonds is 4. The number of hydrogen-bond acceptors (Lipinski definition) is 2. The number of alkyl halides is 1. The fraction of sp³-hybridized carbons (Fsp3) is 0.833. The maximum atomic E-state index is 10.0. The number of aliphatic hydroxyl groups is 1. The SMILES string of the molecule is CC(Br)CCC(O)C(=O)O. The zero-order valence-electron chi connectivity index (χ0n) is 5.75. The molecule has 60 valence electrons. The van der Waals surface area contributed by atoms with Gasteiger partial charge in [-0.3, -0.25) is 0 Å². The van der Waals surface area contributed by atoms with Crippen molar-refractivity contribution in [3.63, 3.8) is 0 Å². The van der Waals surface area contributed by atoms with Gasteiger partial charge in [0.05, 0.1) is 0 Å². The van der Waals surface area contributed by atoms with Gasteiger partial charge >= 0.3 is 5.97 Å². The smallest absolute Gasteiger partial charge is 0.332 e. The lowest BCUT2D eigenvalue weighted by Gasteiger charge is -2.05. The Hall–Kier alpha value is -0.0900. The summed E-state index contributed by atoms with van der Waals surface area (Å²) in [7, 11) is 0. The Bertz CT molecular complexity index is 114. The van der Waals surface area contributed by atoms with Crippen LogP contribution in [-0.4, -0.2) is 27.1 Å². The Morgan fingerprint density at radius 3 is 2.40 bits per heavy atom. The molecule has 0 amide bonds. The monoisotopic (exact) mass is 210 g/mol. The first-order valence-electron chi connectivity index (χ1n) is 3.09. The van der Waals surface area contributed by atoms with E-state index in [1.165, 1.54) is 0 Å². The van der Waals surface area contributed by atoms with Crippen LogP contribution in [-0.2, 0) is 4.79 Å². The highest BCUT2D eigenvalue weighted by Crippen LogP contribution is 2.08. The van der Waals surface area contributed by atoms with Gasteiger partial charge in [0.1, 0.15) is 0 Å². The normalized spacial score (nSPS) is 16.3. The largest absolute Gasteiger partial charge is 0.479 e. The van der Waals surface area contributed by atoms with Crippen molar-refractivity contribution < 1.29 is 15.0 Å². The molecule has 2 N–H and O–H groups in total. The van der Waals surface area contributed by atoms with E-state index in [4.69, 9.17) is 10.2 Å². The standard InChI is InChI=1S/C6H11BrO3/c1-4(7)2-3-5(8)6(9)10/h4-5,8H,2-3H2,1H3,(H,9,10). The van der Waals surface area contributed by atoms with Gasteiger partial charge in [0.15, 0.2) is 6.10 Å². The van der Waals surface area contributed by atoms with Gasteiger partial charge in [-0.15, -0.1) is 0 Å². The number of hydrogen-bond donors (Lipinski definition) is 2. The van der Waals surface area contributed by atoms with Crippen LogP contribution in [0.5, 0.6) is 0 Å². The number of carboxylic acid groups (broad SMARTS) is 1. The lowest BCUT2D eigenvalue weighted by atomic mass is 10.2. The minimum Gasteiger partial charge on any atom is -0.479 e. The molecule has 2 unspecified atom stereocenters. The van der Waals surface area contributed by atoms with Gasteiger partial charge < -0.3 is 10.2 Å². The van der Waals surface area contributed by atoms with Crippen LogP contribution in [0.1, 0.15) is 19.8 Å². The first-order valence-corrected chi connectivity index (χ1v) is 4.00. The predicted octanol–water partition coefficient (Wildman–Crippen LogP) is 0.995. The van der Waals surface area contributed by atoms with Gasteiger partial charge in [-0.05, 0) is 12.8 Å². The first-order chi connectivity index (χ1) is 4.54. The molecule has 0 rings (SSSR count). The molecule has 0 aliphatic rings. The maximum absolute atomic E-state index is 10.0. The second kappa shape index (κ2) is 4.68. The zero-order chi connectivity index (χ0) is 8.15. The number of halogens is 1. The minimum absolute atomic E-state index is 0.265. The molecular weight excluding hydrogens is 200 g/mol. The van der Waals surface area contributed by atoms with Gasteiger partial charge in [0.25, 0.3) is 0 Å². The summed E-state index contributed by atoms with van der Waals surface area (Å²) in [6, 6.07) is 0. The molecule has 4 heteroatoms. The summed E-state index contributed by atoms with van der Waals surface area (Å²) in [6.45, 7) is 1.91. The van der Waals surface area contributed by atoms with Crippen molar-refractivity contribution >= 4 is 21.9 Å². The van der Waals surface area contributed by atoms with Crippen LogP contribution in [0.4, 0.5) is 0 Å². The fourth-order valence-electron chi connectivity index (χ4n) is 0.511. The molecule has 0 heterocycles. The molecule has 0 saturated carbocycles. The molecule has 3 nitrogen and oxygen atoms in total. The van der Waals surface area contributed by atoms with E-state index in [0.29, 0.717) is 12.8 Å². The summed E-state index contributed by atoms with van der Waals surface area (Å²) < 4.78 is 0. The number of aliphatic carboxylic acids is 1. The first kappa shape index (κ1) is 9.91. The molecule has 0 spiro atoms. The molecule has 0 saturated heterocycles. The van der Waals surface area contributed by atoms with Crippen LogP contribution in [0.15, 0.2) is 0 Å². The van der Waals surface area contributed by atoms with Gasteiger partial charge in [-0.2, -0.15) is 0 Å². The second-order valence-electron chi connectivity index (χ2n) is 2.21. The number of carbonyl (C=O) groups is 1. The summed E-state index contributed by atoms with van der Waals surface area (Å²) in [5.74, 6) is -1.15. The van der Waals surface area contributed by atoms with Gasteiger partial charge in [0.2, 0.25) is 0 Å². The second-order valence-corrected chi connectivity index (χ2v) is 3.78. The lowest BCUT2D eigenvalue weighted by molar-refractivity contribution is -0.146. The molecule has 0 aromatic carbocycles. The molecule has 0 aliphatic carbocycles. The number of carboxylic acids is 1. The van der Waals surface area contributed by atoms with Crippen molar-refractivity contribution in [2.24, 2.45) is 0 Å². The van der Waals surface area contributed by atoms with E-state index in [1.807, 2.05) is 6.92 Å². The molecular formula is C6H11BrO3. The average molecular weight is 211 g/mol. The van der Waals surface area contributed by atoms with E-state index in [1.54, 1.807) is 0 Å². The van der Waals surface area contributed by atoms with E-state index < -0.39 is 12.1 Å². The Kier molecular flexibility index (Phi) is 4.64. The molecule has 0 bridgehead atoms.